The molecule has 0 heterocycles. The Hall–Kier alpha value is -1.96. The number of hydrogen-bond donors (Lipinski definition) is 1. The lowest BCUT2D eigenvalue weighted by molar-refractivity contribution is 0.340. The Morgan fingerprint density at radius 2 is 1.52 bits per heavy atom. The minimum atomic E-state index is 0.202. The molecule has 0 bridgehead atoms. The van der Waals surface area contributed by atoms with E-state index in [1.165, 1.54) is 11.1 Å². The Balaban J connectivity index is 1.93. The van der Waals surface area contributed by atoms with E-state index in [-0.39, 0.29) is 5.41 Å². The summed E-state index contributed by atoms with van der Waals surface area (Å²) in [6, 6.07) is 16.9. The maximum absolute atomic E-state index is 5.45. The monoisotopic (exact) mass is 283 g/mol. The van der Waals surface area contributed by atoms with E-state index in [1.54, 1.807) is 0 Å². The fourth-order valence-electron chi connectivity index (χ4n) is 2.16. The fraction of sp³-hybridized carbons (Fsp3) is 0.368. The number of hydrogen-bond acceptors (Lipinski definition) is 2. The highest BCUT2D eigenvalue weighted by atomic mass is 16.5. The second-order valence-corrected chi connectivity index (χ2v) is 6.26. The molecule has 2 aromatic rings. The normalized spacial score (nSPS) is 11.2. The molecule has 2 rings (SSSR count). The summed E-state index contributed by atoms with van der Waals surface area (Å²) in [4.78, 5) is 0. The summed E-state index contributed by atoms with van der Waals surface area (Å²) < 4.78 is 5.45. The van der Waals surface area contributed by atoms with Gasteiger partial charge >= 0.3 is 0 Å². The van der Waals surface area contributed by atoms with Crippen molar-refractivity contribution in [1.29, 1.82) is 0 Å². The van der Waals surface area contributed by atoms with E-state index < -0.39 is 0 Å². The molecule has 0 aromatic heterocycles. The first-order valence-electron chi connectivity index (χ1n) is 7.55. The van der Waals surface area contributed by atoms with Crippen LogP contribution in [-0.4, -0.2) is 6.61 Å². The van der Waals surface area contributed by atoms with Crippen LogP contribution in [0.4, 0.5) is 5.69 Å². The fourth-order valence-corrected chi connectivity index (χ4v) is 2.16. The Kier molecular flexibility index (Phi) is 4.89. The predicted molar refractivity (Wildman–Crippen MR) is 90.1 cm³/mol. The molecule has 2 nitrogen and oxygen atoms in total. The minimum Gasteiger partial charge on any atom is -0.494 e. The Morgan fingerprint density at radius 1 is 0.905 bits per heavy atom. The summed E-state index contributed by atoms with van der Waals surface area (Å²) in [7, 11) is 0. The lowest BCUT2D eigenvalue weighted by atomic mass is 9.87. The molecule has 0 spiro atoms. The van der Waals surface area contributed by atoms with Crippen LogP contribution in [0.2, 0.25) is 0 Å². The maximum atomic E-state index is 5.45. The van der Waals surface area contributed by atoms with Crippen LogP contribution in [0.1, 0.15) is 38.8 Å². The van der Waals surface area contributed by atoms with E-state index in [2.05, 4.69) is 62.5 Å². The summed E-state index contributed by atoms with van der Waals surface area (Å²) in [5.41, 5.74) is 3.96. The van der Waals surface area contributed by atoms with Crippen molar-refractivity contribution in [3.05, 3.63) is 59.7 Å². The molecule has 112 valence electrons. The highest BCUT2D eigenvalue weighted by Gasteiger charge is 2.12. The van der Waals surface area contributed by atoms with Gasteiger partial charge in [-0.3, -0.25) is 0 Å². The minimum absolute atomic E-state index is 0.202. The molecule has 0 aliphatic rings. The van der Waals surface area contributed by atoms with Crippen molar-refractivity contribution in [1.82, 2.24) is 0 Å². The van der Waals surface area contributed by atoms with Crippen LogP contribution in [0.25, 0.3) is 0 Å². The molecule has 2 heteroatoms. The maximum Gasteiger partial charge on any atom is 0.119 e. The number of benzene rings is 2. The largest absolute Gasteiger partial charge is 0.494 e. The van der Waals surface area contributed by atoms with Gasteiger partial charge in [0.15, 0.2) is 0 Å². The van der Waals surface area contributed by atoms with Crippen molar-refractivity contribution in [3.63, 3.8) is 0 Å². The molecule has 0 atom stereocenters. The van der Waals surface area contributed by atoms with E-state index in [0.717, 1.165) is 18.0 Å². The van der Waals surface area contributed by atoms with Crippen LogP contribution in [-0.2, 0) is 12.0 Å². The summed E-state index contributed by atoms with van der Waals surface area (Å²) >= 11 is 0. The highest BCUT2D eigenvalue weighted by Crippen LogP contribution is 2.23. The van der Waals surface area contributed by atoms with Gasteiger partial charge in [0.1, 0.15) is 5.75 Å². The number of anilines is 1. The molecule has 0 aliphatic carbocycles. The van der Waals surface area contributed by atoms with Crippen LogP contribution in [0.3, 0.4) is 0 Å². The average Bonchev–Trinajstić information content (AvgIpc) is 2.46. The first-order valence-corrected chi connectivity index (χ1v) is 7.55. The van der Waals surface area contributed by atoms with E-state index in [1.807, 2.05) is 19.1 Å². The zero-order valence-corrected chi connectivity index (χ0v) is 13.4. The molecule has 0 unspecified atom stereocenters. The van der Waals surface area contributed by atoms with Crippen molar-refractivity contribution in [2.45, 2.75) is 39.7 Å². The summed E-state index contributed by atoms with van der Waals surface area (Å²) in [5, 5.41) is 3.45. The molecule has 0 amide bonds. The number of nitrogens with one attached hydrogen (secondary N) is 1. The lowest BCUT2D eigenvalue weighted by Crippen LogP contribution is -2.10. The molecule has 0 radical (unpaired) electrons. The summed E-state index contributed by atoms with van der Waals surface area (Å²) in [6.45, 7) is 10.2. The quantitative estimate of drug-likeness (QED) is 0.834. The molecule has 0 saturated carbocycles. The Labute approximate surface area is 128 Å². The van der Waals surface area contributed by atoms with E-state index >= 15 is 0 Å². The van der Waals surface area contributed by atoms with Crippen LogP contribution in [0, 0.1) is 0 Å². The van der Waals surface area contributed by atoms with Crippen molar-refractivity contribution < 1.29 is 4.74 Å². The highest BCUT2D eigenvalue weighted by molar-refractivity contribution is 5.46. The van der Waals surface area contributed by atoms with Crippen molar-refractivity contribution >= 4 is 5.69 Å². The molecule has 0 fully saturated rings. The van der Waals surface area contributed by atoms with Crippen LogP contribution in [0.15, 0.2) is 48.5 Å². The van der Waals surface area contributed by atoms with Gasteiger partial charge in [-0.25, -0.2) is 0 Å². The van der Waals surface area contributed by atoms with Crippen LogP contribution >= 0.6 is 0 Å². The van der Waals surface area contributed by atoms with Gasteiger partial charge in [0.25, 0.3) is 0 Å². The third-order valence-corrected chi connectivity index (χ3v) is 3.48. The van der Waals surface area contributed by atoms with Gasteiger partial charge in [0, 0.05) is 12.2 Å². The van der Waals surface area contributed by atoms with Gasteiger partial charge in [-0.15, -0.1) is 0 Å². The first-order chi connectivity index (χ1) is 9.99. The Morgan fingerprint density at radius 3 is 2.05 bits per heavy atom. The zero-order valence-electron chi connectivity index (χ0n) is 13.4. The van der Waals surface area contributed by atoms with E-state index in [4.69, 9.17) is 4.74 Å². The van der Waals surface area contributed by atoms with Gasteiger partial charge < -0.3 is 10.1 Å². The molecule has 1 N–H and O–H groups in total. The molecular weight excluding hydrogens is 258 g/mol. The van der Waals surface area contributed by atoms with Crippen molar-refractivity contribution in [2.75, 3.05) is 11.9 Å². The van der Waals surface area contributed by atoms with E-state index in [0.29, 0.717) is 6.61 Å². The van der Waals surface area contributed by atoms with E-state index in [9.17, 15) is 0 Å². The topological polar surface area (TPSA) is 21.3 Å². The average molecular weight is 283 g/mol. The predicted octanol–water partition coefficient (Wildman–Crippen LogP) is 4.99. The van der Waals surface area contributed by atoms with Crippen LogP contribution in [0.5, 0.6) is 5.75 Å². The standard InChI is InChI=1S/C19H25NO/c1-5-21-18-12-6-15(7-13-18)14-20-17-10-8-16(9-11-17)19(2,3)4/h6-13,20H,5,14H2,1-4H3. The molecule has 21 heavy (non-hydrogen) atoms. The number of ether oxygens (including phenoxy) is 1. The third kappa shape index (κ3) is 4.52. The first kappa shape index (κ1) is 15.4. The molecule has 0 saturated heterocycles. The Bertz CT molecular complexity index is 550. The third-order valence-electron chi connectivity index (χ3n) is 3.48. The SMILES string of the molecule is CCOc1ccc(CNc2ccc(C(C)(C)C)cc2)cc1. The second-order valence-electron chi connectivity index (χ2n) is 6.26. The molecular formula is C19H25NO. The van der Waals surface area contributed by atoms with Gasteiger partial charge in [-0.2, -0.15) is 0 Å². The van der Waals surface area contributed by atoms with Gasteiger partial charge in [-0.1, -0.05) is 45.0 Å². The second kappa shape index (κ2) is 6.66. The molecule has 2 aromatic carbocycles. The van der Waals surface area contributed by atoms with Crippen molar-refractivity contribution in [2.24, 2.45) is 0 Å². The molecule has 0 aliphatic heterocycles. The smallest absolute Gasteiger partial charge is 0.119 e. The van der Waals surface area contributed by atoms with Gasteiger partial charge in [0.05, 0.1) is 6.61 Å². The van der Waals surface area contributed by atoms with Crippen LogP contribution < -0.4 is 10.1 Å². The van der Waals surface area contributed by atoms with Gasteiger partial charge in [0.2, 0.25) is 0 Å². The van der Waals surface area contributed by atoms with Gasteiger partial charge in [-0.05, 0) is 47.7 Å². The lowest BCUT2D eigenvalue weighted by Gasteiger charge is -2.19. The number of rotatable bonds is 5. The summed E-state index contributed by atoms with van der Waals surface area (Å²) in [6.07, 6.45) is 0. The van der Waals surface area contributed by atoms with Crippen molar-refractivity contribution in [3.8, 4) is 5.75 Å². The zero-order chi connectivity index (χ0) is 15.3. The summed E-state index contributed by atoms with van der Waals surface area (Å²) in [5.74, 6) is 0.927.